The van der Waals surface area contributed by atoms with Crippen LogP contribution in [-0.2, 0) is 6.54 Å². The molecule has 0 radical (unpaired) electrons. The van der Waals surface area contributed by atoms with Crippen LogP contribution in [0.3, 0.4) is 0 Å². The molecule has 6 nitrogen and oxygen atoms in total. The lowest BCUT2D eigenvalue weighted by molar-refractivity contribution is 0.120. The largest absolute Gasteiger partial charge is 0.491 e. The molecular formula is C30H38F2N4O2. The molecule has 2 aromatic rings. The fraction of sp³-hybridized carbons (Fsp3) is 0.533. The number of anilines is 1. The molecule has 2 aliphatic heterocycles. The Morgan fingerprint density at radius 1 is 1.16 bits per heavy atom. The van der Waals surface area contributed by atoms with Gasteiger partial charge in [0.2, 0.25) is 0 Å². The van der Waals surface area contributed by atoms with Crippen LogP contribution in [-0.4, -0.2) is 53.2 Å². The molecule has 0 bridgehead atoms. The van der Waals surface area contributed by atoms with Crippen LogP contribution in [0.25, 0.3) is 0 Å². The molecule has 2 heterocycles. The van der Waals surface area contributed by atoms with Crippen LogP contribution in [0.5, 0.6) is 5.75 Å². The highest BCUT2D eigenvalue weighted by Crippen LogP contribution is 2.41. The molecule has 1 saturated carbocycles. The number of ether oxygens (including phenoxy) is 1. The van der Waals surface area contributed by atoms with Gasteiger partial charge < -0.3 is 10.1 Å². The minimum Gasteiger partial charge on any atom is -0.491 e. The van der Waals surface area contributed by atoms with E-state index >= 15 is 0 Å². The van der Waals surface area contributed by atoms with Crippen LogP contribution in [0.4, 0.5) is 19.3 Å². The average molecular weight is 525 g/mol. The number of nitrogens with one attached hydrogen (secondary N) is 1. The summed E-state index contributed by atoms with van der Waals surface area (Å²) in [5.74, 6) is 0.973. The van der Waals surface area contributed by atoms with Crippen LogP contribution in [0, 0.1) is 5.82 Å². The highest BCUT2D eigenvalue weighted by Gasteiger charge is 2.54. The summed E-state index contributed by atoms with van der Waals surface area (Å²) in [6, 6.07) is 13.6. The topological polar surface area (TPSA) is 57.2 Å². The number of halogens is 2. The van der Waals surface area contributed by atoms with Crippen LogP contribution in [0.2, 0.25) is 0 Å². The van der Waals surface area contributed by atoms with Crippen molar-refractivity contribution < 1.29 is 18.3 Å². The average Bonchev–Trinajstić information content (AvgIpc) is 3.12. The number of nitrogens with zero attached hydrogens (tertiary/aromatic N) is 3. The maximum atomic E-state index is 14.8. The lowest BCUT2D eigenvalue weighted by Gasteiger charge is -2.48. The normalized spacial score (nSPS) is 28.2. The van der Waals surface area contributed by atoms with Crippen LogP contribution < -0.4 is 15.0 Å². The van der Waals surface area contributed by atoms with E-state index in [0.29, 0.717) is 43.8 Å². The molecule has 1 saturated heterocycles. The first-order valence-corrected chi connectivity index (χ1v) is 13.8. The van der Waals surface area contributed by atoms with Gasteiger partial charge in [-0.25, -0.2) is 13.6 Å². The fourth-order valence-corrected chi connectivity index (χ4v) is 6.25. The monoisotopic (exact) mass is 524 g/mol. The van der Waals surface area contributed by atoms with Gasteiger partial charge >= 0.3 is 6.03 Å². The number of hydrogen-bond donors (Lipinski definition) is 1. The molecule has 8 heteroatoms. The number of amides is 2. The highest BCUT2D eigenvalue weighted by molar-refractivity contribution is 6.16. The number of carbonyl (C=O) groups excluding carboxylic acids is 1. The molecule has 0 aromatic heterocycles. The van der Waals surface area contributed by atoms with Crippen LogP contribution in [0.1, 0.15) is 64.9 Å². The van der Waals surface area contributed by atoms with Gasteiger partial charge in [0, 0.05) is 24.8 Å². The Bertz CT molecular complexity index is 1190. The van der Waals surface area contributed by atoms with Gasteiger partial charge in [0.1, 0.15) is 29.1 Å². The summed E-state index contributed by atoms with van der Waals surface area (Å²) in [5, 5.41) is 3.37. The molecule has 4 atom stereocenters. The van der Waals surface area contributed by atoms with E-state index in [4.69, 9.17) is 4.74 Å². The molecule has 3 aliphatic rings. The van der Waals surface area contributed by atoms with Crippen molar-refractivity contribution in [3.05, 3.63) is 59.9 Å². The second-order valence-electron chi connectivity index (χ2n) is 11.2. The second kappa shape index (κ2) is 11.0. The Labute approximate surface area is 224 Å². The van der Waals surface area contributed by atoms with Crippen LogP contribution >= 0.6 is 0 Å². The van der Waals surface area contributed by atoms with Crippen molar-refractivity contribution in [1.82, 2.24) is 10.2 Å². The summed E-state index contributed by atoms with van der Waals surface area (Å²) >= 11 is 0. The van der Waals surface area contributed by atoms with Gasteiger partial charge in [0.05, 0.1) is 12.1 Å². The zero-order valence-electron chi connectivity index (χ0n) is 22.5. The number of benzene rings is 2. The van der Waals surface area contributed by atoms with Crippen molar-refractivity contribution in [2.24, 2.45) is 4.99 Å². The zero-order valence-corrected chi connectivity index (χ0v) is 22.5. The number of rotatable bonds is 6. The number of likely N-dealkylation sites (tertiary alicyclic amines) is 1. The van der Waals surface area contributed by atoms with Crippen molar-refractivity contribution in [2.75, 3.05) is 11.4 Å². The molecule has 204 valence electrons. The predicted octanol–water partition coefficient (Wildman–Crippen LogP) is 6.25. The predicted molar refractivity (Wildman–Crippen MR) is 146 cm³/mol. The summed E-state index contributed by atoms with van der Waals surface area (Å²) in [7, 11) is 0. The van der Waals surface area contributed by atoms with E-state index in [2.05, 4.69) is 34.3 Å². The maximum absolute atomic E-state index is 14.8. The smallest absolute Gasteiger partial charge is 0.350 e. The molecule has 5 rings (SSSR count). The Kier molecular flexibility index (Phi) is 7.70. The Morgan fingerprint density at radius 3 is 2.68 bits per heavy atom. The summed E-state index contributed by atoms with van der Waals surface area (Å²) < 4.78 is 35.0. The zero-order chi connectivity index (χ0) is 26.9. The quantitative estimate of drug-likeness (QED) is 0.486. The molecule has 1 aliphatic carbocycles. The van der Waals surface area contributed by atoms with Gasteiger partial charge in [-0.2, -0.15) is 4.99 Å². The van der Waals surface area contributed by atoms with Gasteiger partial charge in [-0.1, -0.05) is 31.0 Å². The Morgan fingerprint density at radius 2 is 1.95 bits per heavy atom. The molecule has 1 N–H and O–H groups in total. The SMILES string of the molecule is CC(C)Oc1cccc(CN2CC[C@@]3(C[C@@H]2C)C(N[C@@H]2CCCC[C@H]2F)=NC(=O)N3c2cccc(F)c2)c1. The standard InChI is InChI=1S/C30H38F2N4O2/c1-20(2)38-25-11-6-8-22(16-25)19-35-15-14-30(18-21(35)3)28(33-27-13-5-4-12-26(27)32)34-29(37)36(30)24-10-7-9-23(31)17-24/h6-11,16-17,20-21,26-27H,4-5,12-15,18-19H2,1-3H3,(H,33,34,37)/t21-,26+,27+,30+/m0/s1. The first kappa shape index (κ1) is 26.6. The molecule has 38 heavy (non-hydrogen) atoms. The lowest BCUT2D eigenvalue weighted by Crippen LogP contribution is -2.64. The van der Waals surface area contributed by atoms with E-state index in [1.165, 1.54) is 12.1 Å². The molecule has 2 aromatic carbocycles. The summed E-state index contributed by atoms with van der Waals surface area (Å²) in [6.45, 7) is 7.63. The van der Waals surface area contributed by atoms with Gasteiger partial charge in [0.15, 0.2) is 0 Å². The lowest BCUT2D eigenvalue weighted by atomic mass is 9.80. The minimum absolute atomic E-state index is 0.0971. The number of hydrogen-bond acceptors (Lipinski definition) is 4. The van der Waals surface area contributed by atoms with E-state index < -0.39 is 23.6 Å². The Hall–Kier alpha value is -3.00. The molecule has 1 spiro atoms. The Balaban J connectivity index is 1.41. The maximum Gasteiger partial charge on any atom is 0.350 e. The van der Waals surface area contributed by atoms with Crippen molar-refractivity contribution in [3.8, 4) is 5.75 Å². The fourth-order valence-electron chi connectivity index (χ4n) is 6.25. The van der Waals surface area contributed by atoms with E-state index in [9.17, 15) is 13.6 Å². The van der Waals surface area contributed by atoms with Gasteiger partial charge in [-0.05, 0) is 82.3 Å². The molecular weight excluding hydrogens is 486 g/mol. The van der Waals surface area contributed by atoms with E-state index in [1.54, 1.807) is 17.0 Å². The highest BCUT2D eigenvalue weighted by atomic mass is 19.1. The third kappa shape index (κ3) is 5.41. The second-order valence-corrected chi connectivity index (χ2v) is 11.2. The number of carbonyl (C=O) groups is 1. The third-order valence-electron chi connectivity index (χ3n) is 8.06. The number of amidine groups is 1. The van der Waals surface area contributed by atoms with Gasteiger partial charge in [-0.15, -0.1) is 0 Å². The van der Waals surface area contributed by atoms with Gasteiger partial charge in [-0.3, -0.25) is 9.80 Å². The van der Waals surface area contributed by atoms with Crippen molar-refractivity contribution >= 4 is 17.6 Å². The van der Waals surface area contributed by atoms with E-state index in [0.717, 1.165) is 30.7 Å². The van der Waals surface area contributed by atoms with Crippen molar-refractivity contribution in [1.29, 1.82) is 0 Å². The molecule has 2 amide bonds. The first-order chi connectivity index (χ1) is 18.2. The van der Waals surface area contributed by atoms with Crippen molar-refractivity contribution in [2.45, 2.75) is 95.7 Å². The van der Waals surface area contributed by atoms with E-state index in [1.807, 2.05) is 26.0 Å². The summed E-state index contributed by atoms with van der Waals surface area (Å²) in [4.78, 5) is 21.8. The first-order valence-electron chi connectivity index (χ1n) is 13.8. The van der Waals surface area contributed by atoms with Gasteiger partial charge in [0.25, 0.3) is 0 Å². The minimum atomic E-state index is -0.973. The van der Waals surface area contributed by atoms with Crippen molar-refractivity contribution in [3.63, 3.8) is 0 Å². The number of urea groups is 1. The van der Waals surface area contributed by atoms with Crippen LogP contribution in [0.15, 0.2) is 53.5 Å². The molecule has 0 unspecified atom stereocenters. The van der Waals surface area contributed by atoms with E-state index in [-0.39, 0.29) is 18.2 Å². The summed E-state index contributed by atoms with van der Waals surface area (Å²) in [5.41, 5.74) is 0.862. The summed E-state index contributed by atoms with van der Waals surface area (Å²) in [6.07, 6.45) is 3.39. The number of aliphatic imine (C=N–C) groups is 1. The molecule has 2 fully saturated rings. The third-order valence-corrected chi connectivity index (χ3v) is 8.06. The number of alkyl halides is 1. The number of piperidine rings is 1.